The van der Waals surface area contributed by atoms with Crippen LogP contribution in [-0.2, 0) is 14.3 Å². The van der Waals surface area contributed by atoms with E-state index in [1.54, 1.807) is 0 Å². The Morgan fingerprint density at radius 1 is 1.25 bits per heavy atom. The van der Waals surface area contributed by atoms with Crippen molar-refractivity contribution >= 4 is 23.2 Å². The van der Waals surface area contributed by atoms with Crippen LogP contribution in [0.5, 0.6) is 0 Å². The van der Waals surface area contributed by atoms with Gasteiger partial charge in [-0.25, -0.2) is 0 Å². The Bertz CT molecular complexity index is 805. The van der Waals surface area contributed by atoms with Crippen molar-refractivity contribution in [2.75, 3.05) is 56.6 Å². The summed E-state index contributed by atoms with van der Waals surface area (Å²) in [6.07, 6.45) is 1.25. The molecule has 1 aromatic carbocycles. The maximum atomic E-state index is 13.5. The van der Waals surface area contributed by atoms with E-state index in [0.29, 0.717) is 45.1 Å². The third kappa shape index (κ3) is 2.56. The second-order valence-electron chi connectivity index (χ2n) is 8.69. The number of amides is 2. The first-order chi connectivity index (χ1) is 13.6. The summed E-state index contributed by atoms with van der Waals surface area (Å²) in [5.41, 5.74) is 0.765. The van der Waals surface area contributed by atoms with Crippen LogP contribution in [0, 0.1) is 11.3 Å². The van der Waals surface area contributed by atoms with Crippen LogP contribution in [0.3, 0.4) is 0 Å². The first kappa shape index (κ1) is 17.9. The minimum Gasteiger partial charge on any atom is -0.380 e. The Labute approximate surface area is 165 Å². The lowest BCUT2D eigenvalue weighted by molar-refractivity contribution is -0.145. The minimum absolute atomic E-state index is 0.0107. The van der Waals surface area contributed by atoms with Gasteiger partial charge in [0.1, 0.15) is 5.54 Å². The van der Waals surface area contributed by atoms with Crippen molar-refractivity contribution in [3.63, 3.8) is 0 Å². The van der Waals surface area contributed by atoms with Gasteiger partial charge in [-0.1, -0.05) is 19.1 Å². The van der Waals surface area contributed by atoms with Gasteiger partial charge in [-0.05, 0) is 31.5 Å². The van der Waals surface area contributed by atoms with E-state index in [4.69, 9.17) is 4.74 Å². The Balaban J connectivity index is 1.31. The van der Waals surface area contributed by atoms with E-state index in [1.807, 2.05) is 29.2 Å². The normalized spacial score (nSPS) is 31.2. The number of hydrogen-bond acceptors (Lipinski definition) is 5. The Hall–Kier alpha value is -2.12. The molecule has 1 spiro atoms. The maximum absolute atomic E-state index is 13.5. The number of hydrogen-bond donors (Lipinski definition) is 2. The molecule has 7 nitrogen and oxygen atoms in total. The van der Waals surface area contributed by atoms with Crippen LogP contribution in [-0.4, -0.2) is 73.1 Å². The van der Waals surface area contributed by atoms with Gasteiger partial charge in [0.25, 0.3) is 0 Å². The minimum atomic E-state index is -0.625. The van der Waals surface area contributed by atoms with E-state index in [2.05, 4.69) is 22.5 Å². The van der Waals surface area contributed by atoms with E-state index in [0.717, 1.165) is 31.0 Å². The highest BCUT2D eigenvalue weighted by atomic mass is 16.5. The van der Waals surface area contributed by atoms with Gasteiger partial charge >= 0.3 is 0 Å². The summed E-state index contributed by atoms with van der Waals surface area (Å²) in [5, 5.41) is 6.51. The topological polar surface area (TPSA) is 73.9 Å². The van der Waals surface area contributed by atoms with Gasteiger partial charge < -0.3 is 25.2 Å². The van der Waals surface area contributed by atoms with Crippen molar-refractivity contribution < 1.29 is 14.3 Å². The van der Waals surface area contributed by atoms with E-state index >= 15 is 0 Å². The predicted molar refractivity (Wildman–Crippen MR) is 106 cm³/mol. The highest BCUT2D eigenvalue weighted by molar-refractivity contribution is 6.06. The molecule has 4 aliphatic heterocycles. The number of carbonyl (C=O) groups is 2. The summed E-state index contributed by atoms with van der Waals surface area (Å²) in [6, 6.07) is 7.78. The summed E-state index contributed by atoms with van der Waals surface area (Å²) >= 11 is 0. The van der Waals surface area contributed by atoms with Gasteiger partial charge in [-0.15, -0.1) is 0 Å². The van der Waals surface area contributed by atoms with Crippen molar-refractivity contribution in [3.05, 3.63) is 24.3 Å². The molecular weight excluding hydrogens is 356 g/mol. The average Bonchev–Trinajstić information content (AvgIpc) is 3.27. The SMILES string of the molecule is CCN1C[C@H]2COC[C@@]2(C(=O)N2CCC3(CC2)Nc2ccccc2NC3=O)C1. The third-order valence-corrected chi connectivity index (χ3v) is 7.21. The molecule has 0 aromatic heterocycles. The van der Waals surface area contributed by atoms with E-state index in [9.17, 15) is 9.59 Å². The maximum Gasteiger partial charge on any atom is 0.250 e. The molecule has 0 saturated carbocycles. The number of carbonyl (C=O) groups excluding carboxylic acids is 2. The van der Waals surface area contributed by atoms with Crippen LogP contribution in [0.15, 0.2) is 24.3 Å². The lowest BCUT2D eigenvalue weighted by Crippen LogP contribution is -2.61. The fourth-order valence-electron chi connectivity index (χ4n) is 5.40. The Kier molecular flexibility index (Phi) is 4.14. The van der Waals surface area contributed by atoms with Crippen molar-refractivity contribution in [2.45, 2.75) is 25.3 Å². The van der Waals surface area contributed by atoms with Crippen molar-refractivity contribution in [1.82, 2.24) is 9.80 Å². The average molecular weight is 384 g/mol. The smallest absolute Gasteiger partial charge is 0.250 e. The molecule has 1 aromatic rings. The number of nitrogens with zero attached hydrogens (tertiary/aromatic N) is 2. The van der Waals surface area contributed by atoms with Gasteiger partial charge in [0.15, 0.2) is 0 Å². The number of rotatable bonds is 2. The summed E-state index contributed by atoms with van der Waals surface area (Å²) < 4.78 is 5.73. The van der Waals surface area contributed by atoms with E-state index in [-0.39, 0.29) is 11.8 Å². The van der Waals surface area contributed by atoms with E-state index < -0.39 is 11.0 Å². The quantitative estimate of drug-likeness (QED) is 0.806. The lowest BCUT2D eigenvalue weighted by atomic mass is 9.78. The molecule has 0 bridgehead atoms. The molecule has 7 heteroatoms. The fraction of sp³-hybridized carbons (Fsp3) is 0.619. The second-order valence-corrected chi connectivity index (χ2v) is 8.69. The molecule has 2 N–H and O–H groups in total. The van der Waals surface area contributed by atoms with Gasteiger partial charge in [0.2, 0.25) is 11.8 Å². The fourth-order valence-corrected chi connectivity index (χ4v) is 5.40. The zero-order chi connectivity index (χ0) is 19.4. The van der Waals surface area contributed by atoms with Gasteiger partial charge in [-0.3, -0.25) is 9.59 Å². The van der Waals surface area contributed by atoms with Gasteiger partial charge in [0, 0.05) is 32.1 Å². The molecule has 0 aliphatic carbocycles. The number of ether oxygens (including phenoxy) is 1. The predicted octanol–water partition coefficient (Wildman–Crippen LogP) is 1.38. The number of anilines is 2. The molecule has 3 saturated heterocycles. The molecular formula is C21H28N4O3. The van der Waals surface area contributed by atoms with Crippen molar-refractivity contribution in [2.24, 2.45) is 11.3 Å². The number of benzene rings is 1. The van der Waals surface area contributed by atoms with Crippen LogP contribution >= 0.6 is 0 Å². The lowest BCUT2D eigenvalue weighted by Gasteiger charge is -2.45. The zero-order valence-corrected chi connectivity index (χ0v) is 16.4. The largest absolute Gasteiger partial charge is 0.380 e. The van der Waals surface area contributed by atoms with Crippen LogP contribution in [0.4, 0.5) is 11.4 Å². The van der Waals surface area contributed by atoms with Crippen LogP contribution < -0.4 is 10.6 Å². The molecule has 4 heterocycles. The molecule has 0 radical (unpaired) electrons. The molecule has 4 aliphatic rings. The van der Waals surface area contributed by atoms with Crippen LogP contribution in [0.25, 0.3) is 0 Å². The van der Waals surface area contributed by atoms with Crippen molar-refractivity contribution in [3.8, 4) is 0 Å². The zero-order valence-electron chi connectivity index (χ0n) is 16.4. The molecule has 28 heavy (non-hydrogen) atoms. The summed E-state index contributed by atoms with van der Waals surface area (Å²) in [5.74, 6) is 0.521. The molecule has 5 rings (SSSR count). The second kappa shape index (κ2) is 6.46. The molecule has 3 fully saturated rings. The van der Waals surface area contributed by atoms with Crippen molar-refractivity contribution in [1.29, 1.82) is 0 Å². The third-order valence-electron chi connectivity index (χ3n) is 7.21. The van der Waals surface area contributed by atoms with Gasteiger partial charge in [-0.2, -0.15) is 0 Å². The molecule has 150 valence electrons. The summed E-state index contributed by atoms with van der Waals surface area (Å²) in [7, 11) is 0. The monoisotopic (exact) mass is 384 g/mol. The first-order valence-electron chi connectivity index (χ1n) is 10.3. The number of nitrogens with one attached hydrogen (secondary N) is 2. The Morgan fingerprint density at radius 2 is 2.00 bits per heavy atom. The number of para-hydroxylation sites is 2. The van der Waals surface area contributed by atoms with Crippen LogP contribution in [0.2, 0.25) is 0 Å². The number of fused-ring (bicyclic) bond motifs is 2. The molecule has 0 unspecified atom stereocenters. The summed E-state index contributed by atoms with van der Waals surface area (Å²) in [4.78, 5) is 30.7. The number of piperidine rings is 1. The Morgan fingerprint density at radius 3 is 2.75 bits per heavy atom. The molecule has 2 amide bonds. The standard InChI is InChI=1S/C21H28N4O3/c1-2-24-11-15-12-28-14-20(15,13-24)19(27)25-9-7-21(8-10-25)18(26)22-16-5-3-4-6-17(16)23-21/h3-6,15,23H,2,7-14H2,1H3,(H,22,26)/t15-,20-/m0/s1. The number of likely N-dealkylation sites (tertiary alicyclic amines) is 2. The molecule has 2 atom stereocenters. The highest BCUT2D eigenvalue weighted by Gasteiger charge is 2.57. The van der Waals surface area contributed by atoms with E-state index in [1.165, 1.54) is 0 Å². The summed E-state index contributed by atoms with van der Waals surface area (Å²) in [6.45, 7) is 7.27. The van der Waals surface area contributed by atoms with Gasteiger partial charge in [0.05, 0.1) is 30.0 Å². The highest BCUT2D eigenvalue weighted by Crippen LogP contribution is 2.44. The first-order valence-corrected chi connectivity index (χ1v) is 10.3. The van der Waals surface area contributed by atoms with Crippen LogP contribution in [0.1, 0.15) is 19.8 Å².